The van der Waals surface area contributed by atoms with Crippen LogP contribution in [0.5, 0.6) is 0 Å². The van der Waals surface area contributed by atoms with E-state index in [-0.39, 0.29) is 6.23 Å². The largest absolute Gasteiger partial charge is 0.355 e. The van der Waals surface area contributed by atoms with Crippen molar-refractivity contribution in [1.82, 2.24) is 19.1 Å². The summed E-state index contributed by atoms with van der Waals surface area (Å²) < 4.78 is 9.74. The first-order valence-corrected chi connectivity index (χ1v) is 7.14. The van der Waals surface area contributed by atoms with Crippen molar-refractivity contribution in [1.29, 1.82) is 5.41 Å². The lowest BCUT2D eigenvalue weighted by Gasteiger charge is -2.16. The van der Waals surface area contributed by atoms with Gasteiger partial charge in [0.1, 0.15) is 11.7 Å². The van der Waals surface area contributed by atoms with Crippen molar-refractivity contribution in [2.45, 2.75) is 45.4 Å². The predicted octanol–water partition coefficient (Wildman–Crippen LogP) is 1.97. The van der Waals surface area contributed by atoms with Crippen LogP contribution in [-0.2, 0) is 11.8 Å². The Morgan fingerprint density at radius 2 is 2.15 bits per heavy atom. The second kappa shape index (κ2) is 5.01. The van der Waals surface area contributed by atoms with E-state index in [1.807, 2.05) is 4.57 Å². The van der Waals surface area contributed by atoms with E-state index in [0.717, 1.165) is 24.9 Å². The standard InChI is InChI=1S/C14H21N5O/c1-9(2)6-10-4-5-11(20-10)19-8-16-12-13(15)18(3)7-17-14(12)19/h7-11,15H,4-6H2,1-3H3. The third-order valence-corrected chi connectivity index (χ3v) is 3.83. The third kappa shape index (κ3) is 2.24. The van der Waals surface area contributed by atoms with Gasteiger partial charge in [-0.2, -0.15) is 0 Å². The number of hydrogen-bond acceptors (Lipinski definition) is 4. The first kappa shape index (κ1) is 13.3. The summed E-state index contributed by atoms with van der Waals surface area (Å²) in [7, 11) is 1.80. The maximum Gasteiger partial charge on any atom is 0.167 e. The van der Waals surface area contributed by atoms with Gasteiger partial charge in [0.2, 0.25) is 0 Å². The van der Waals surface area contributed by atoms with E-state index in [1.165, 1.54) is 0 Å². The molecule has 2 aromatic heterocycles. The van der Waals surface area contributed by atoms with Gasteiger partial charge in [0.05, 0.1) is 18.8 Å². The Labute approximate surface area is 117 Å². The fourth-order valence-electron chi connectivity index (χ4n) is 2.82. The molecule has 0 saturated carbocycles. The van der Waals surface area contributed by atoms with Crippen LogP contribution in [0.25, 0.3) is 11.2 Å². The maximum atomic E-state index is 8.01. The molecule has 0 aromatic carbocycles. The van der Waals surface area contributed by atoms with E-state index in [4.69, 9.17) is 10.1 Å². The van der Waals surface area contributed by atoms with Gasteiger partial charge in [-0.25, -0.2) is 9.97 Å². The number of aryl methyl sites for hydroxylation is 1. The van der Waals surface area contributed by atoms with Crippen LogP contribution in [0.3, 0.4) is 0 Å². The Kier molecular flexibility index (Phi) is 3.33. The Morgan fingerprint density at radius 3 is 2.90 bits per heavy atom. The molecule has 0 amide bonds. The van der Waals surface area contributed by atoms with Gasteiger partial charge in [-0.15, -0.1) is 0 Å². The quantitative estimate of drug-likeness (QED) is 0.931. The van der Waals surface area contributed by atoms with Crippen LogP contribution < -0.4 is 5.49 Å². The van der Waals surface area contributed by atoms with Gasteiger partial charge in [-0.1, -0.05) is 13.8 Å². The third-order valence-electron chi connectivity index (χ3n) is 3.83. The van der Waals surface area contributed by atoms with Gasteiger partial charge in [0.25, 0.3) is 0 Å². The highest BCUT2D eigenvalue weighted by atomic mass is 16.5. The molecule has 2 aromatic rings. The highest BCUT2D eigenvalue weighted by molar-refractivity contribution is 5.68. The lowest BCUT2D eigenvalue weighted by molar-refractivity contribution is -0.00444. The number of nitrogens with one attached hydrogen (secondary N) is 1. The van der Waals surface area contributed by atoms with Gasteiger partial charge in [-0.3, -0.25) is 9.98 Å². The monoisotopic (exact) mass is 275 g/mol. The molecule has 1 saturated heterocycles. The lowest BCUT2D eigenvalue weighted by atomic mass is 10.0. The van der Waals surface area contributed by atoms with Crippen LogP contribution in [0.1, 0.15) is 39.3 Å². The van der Waals surface area contributed by atoms with E-state index in [1.54, 1.807) is 24.3 Å². The molecule has 2 unspecified atom stereocenters. The molecular weight excluding hydrogens is 254 g/mol. The normalized spacial score (nSPS) is 23.0. The molecule has 0 spiro atoms. The molecule has 6 nitrogen and oxygen atoms in total. The minimum Gasteiger partial charge on any atom is -0.355 e. The Balaban J connectivity index is 1.89. The summed E-state index contributed by atoms with van der Waals surface area (Å²) in [5.74, 6) is 0.648. The minimum atomic E-state index is 0.00311. The molecule has 0 bridgehead atoms. The molecule has 6 heteroatoms. The van der Waals surface area contributed by atoms with Crippen molar-refractivity contribution in [3.8, 4) is 0 Å². The maximum absolute atomic E-state index is 8.01. The minimum absolute atomic E-state index is 0.00311. The summed E-state index contributed by atoms with van der Waals surface area (Å²) >= 11 is 0. The lowest BCUT2D eigenvalue weighted by Crippen LogP contribution is -2.18. The zero-order valence-corrected chi connectivity index (χ0v) is 12.2. The Bertz CT molecular complexity index is 672. The number of nitrogens with zero attached hydrogens (tertiary/aromatic N) is 4. The number of aromatic nitrogens is 4. The molecule has 1 N–H and O–H groups in total. The molecule has 0 radical (unpaired) electrons. The molecule has 0 aliphatic carbocycles. The zero-order chi connectivity index (χ0) is 14.3. The molecule has 1 aliphatic rings. The summed E-state index contributed by atoms with van der Waals surface area (Å²) in [6.07, 6.45) is 6.89. The number of ether oxygens (including phenoxy) is 1. The highest BCUT2D eigenvalue weighted by Crippen LogP contribution is 2.32. The number of imidazole rings is 1. The predicted molar refractivity (Wildman–Crippen MR) is 75.0 cm³/mol. The van der Waals surface area contributed by atoms with E-state index in [9.17, 15) is 0 Å². The van der Waals surface area contributed by atoms with Crippen molar-refractivity contribution in [3.05, 3.63) is 18.1 Å². The van der Waals surface area contributed by atoms with Crippen LogP contribution in [0.15, 0.2) is 12.7 Å². The molecule has 2 atom stereocenters. The second-order valence-electron chi connectivity index (χ2n) is 5.95. The molecule has 108 valence electrons. The molecule has 1 aliphatic heterocycles. The van der Waals surface area contributed by atoms with Crippen molar-refractivity contribution in [2.24, 2.45) is 13.0 Å². The first-order valence-electron chi connectivity index (χ1n) is 7.14. The fraction of sp³-hybridized carbons (Fsp3) is 0.643. The molecule has 3 rings (SSSR count). The van der Waals surface area contributed by atoms with Crippen molar-refractivity contribution in [2.75, 3.05) is 0 Å². The number of hydrogen-bond donors (Lipinski definition) is 1. The van der Waals surface area contributed by atoms with E-state index in [2.05, 4.69) is 23.8 Å². The molecular formula is C14H21N5O. The van der Waals surface area contributed by atoms with Crippen molar-refractivity contribution in [3.63, 3.8) is 0 Å². The highest BCUT2D eigenvalue weighted by Gasteiger charge is 2.28. The fourth-order valence-corrected chi connectivity index (χ4v) is 2.82. The van der Waals surface area contributed by atoms with Crippen LogP contribution in [0.4, 0.5) is 0 Å². The SMILES string of the molecule is CC(C)CC1CCC(n2cnc3c(=N)n(C)cnc32)O1. The average molecular weight is 275 g/mol. The smallest absolute Gasteiger partial charge is 0.167 e. The Morgan fingerprint density at radius 1 is 1.35 bits per heavy atom. The second-order valence-corrected chi connectivity index (χ2v) is 5.95. The first-order chi connectivity index (χ1) is 9.56. The van der Waals surface area contributed by atoms with Gasteiger partial charge >= 0.3 is 0 Å². The summed E-state index contributed by atoms with van der Waals surface area (Å²) in [6.45, 7) is 4.44. The van der Waals surface area contributed by atoms with E-state index in [0.29, 0.717) is 23.0 Å². The van der Waals surface area contributed by atoms with Crippen LogP contribution in [-0.4, -0.2) is 25.2 Å². The molecule has 3 heterocycles. The topological polar surface area (TPSA) is 68.7 Å². The molecule has 20 heavy (non-hydrogen) atoms. The summed E-state index contributed by atoms with van der Waals surface area (Å²) in [5.41, 5.74) is 1.75. The summed E-state index contributed by atoms with van der Waals surface area (Å²) in [4.78, 5) is 8.72. The average Bonchev–Trinajstić information content (AvgIpc) is 2.99. The molecule has 1 fully saturated rings. The summed E-state index contributed by atoms with van der Waals surface area (Å²) in [6, 6.07) is 0. The van der Waals surface area contributed by atoms with E-state index < -0.39 is 0 Å². The van der Waals surface area contributed by atoms with Crippen molar-refractivity contribution < 1.29 is 4.74 Å². The van der Waals surface area contributed by atoms with Gasteiger partial charge in [0, 0.05) is 7.05 Å². The number of fused-ring (bicyclic) bond motifs is 1. The number of rotatable bonds is 3. The van der Waals surface area contributed by atoms with Gasteiger partial charge in [-0.05, 0) is 25.2 Å². The van der Waals surface area contributed by atoms with Crippen LogP contribution in [0.2, 0.25) is 0 Å². The van der Waals surface area contributed by atoms with Crippen LogP contribution >= 0.6 is 0 Å². The summed E-state index contributed by atoms with van der Waals surface area (Å²) in [5, 5.41) is 8.01. The zero-order valence-electron chi connectivity index (χ0n) is 12.2. The van der Waals surface area contributed by atoms with Crippen LogP contribution in [0, 0.1) is 11.3 Å². The van der Waals surface area contributed by atoms with Crippen molar-refractivity contribution >= 4 is 11.2 Å². The van der Waals surface area contributed by atoms with Gasteiger partial charge in [0.15, 0.2) is 11.1 Å². The Hall–Kier alpha value is -1.69. The van der Waals surface area contributed by atoms with Gasteiger partial charge < -0.3 is 9.30 Å². The van der Waals surface area contributed by atoms with E-state index >= 15 is 0 Å².